The smallest absolute Gasteiger partial charge is 0.309 e. The van der Waals surface area contributed by atoms with Gasteiger partial charge in [-0.1, -0.05) is 13.3 Å². The molecule has 192 valence electrons. The molecule has 0 spiro atoms. The van der Waals surface area contributed by atoms with Crippen molar-refractivity contribution in [2.24, 2.45) is 11.8 Å². The second-order valence-electron chi connectivity index (χ2n) is 10.2. The van der Waals surface area contributed by atoms with Gasteiger partial charge in [-0.25, -0.2) is 0 Å². The molecule has 3 atom stereocenters. The molecule has 3 rings (SSSR count). The molecule has 0 radical (unpaired) electrons. The minimum Gasteiger partial charge on any atom is -0.457 e. The lowest BCUT2D eigenvalue weighted by Crippen LogP contribution is -2.45. The van der Waals surface area contributed by atoms with Crippen molar-refractivity contribution in [1.82, 2.24) is 15.5 Å². The van der Waals surface area contributed by atoms with Crippen LogP contribution in [0.4, 0.5) is 0 Å². The van der Waals surface area contributed by atoms with E-state index < -0.39 is 6.04 Å². The Bertz CT molecular complexity index is 717. The average molecular weight is 496 g/mol. The standard InChI is InChI=1S/C25H41N3O5S/c1-17(34)5-10-23(30)27-21(15-19-11-12-26-24(19)31)22(29)16-33-25(32)18-6-8-20(9-7-18)28-13-3-2-4-14-28/h17-21,34H,2-16H2,1H3,(H,26,31)(H,27,30). The van der Waals surface area contributed by atoms with Crippen molar-refractivity contribution in [3.8, 4) is 0 Å². The first kappa shape index (κ1) is 27.0. The zero-order chi connectivity index (χ0) is 24.5. The molecule has 3 aliphatic rings. The minimum atomic E-state index is -0.834. The van der Waals surface area contributed by atoms with Crippen LogP contribution in [0, 0.1) is 11.8 Å². The van der Waals surface area contributed by atoms with Crippen LogP contribution < -0.4 is 10.6 Å². The highest BCUT2D eigenvalue weighted by Gasteiger charge is 2.34. The van der Waals surface area contributed by atoms with Crippen LogP contribution in [0.2, 0.25) is 0 Å². The number of ether oxygens (including phenoxy) is 1. The Hall–Kier alpha value is -1.61. The number of ketones is 1. The third-order valence-corrected chi connectivity index (χ3v) is 7.75. The Morgan fingerprint density at radius 2 is 1.82 bits per heavy atom. The molecule has 3 fully saturated rings. The number of hydrogen-bond acceptors (Lipinski definition) is 7. The van der Waals surface area contributed by atoms with Crippen LogP contribution in [0.25, 0.3) is 0 Å². The van der Waals surface area contributed by atoms with Gasteiger partial charge in [-0.2, -0.15) is 12.6 Å². The summed E-state index contributed by atoms with van der Waals surface area (Å²) in [5.41, 5.74) is 0. The number of esters is 1. The van der Waals surface area contributed by atoms with Crippen LogP contribution >= 0.6 is 12.6 Å². The number of thiol groups is 1. The van der Waals surface area contributed by atoms with Crippen LogP contribution in [0.5, 0.6) is 0 Å². The van der Waals surface area contributed by atoms with Gasteiger partial charge in [-0.05, 0) is 76.1 Å². The summed E-state index contributed by atoms with van der Waals surface area (Å²) in [6.07, 6.45) is 9.11. The third-order valence-electron chi connectivity index (χ3n) is 7.49. The fourth-order valence-electron chi connectivity index (χ4n) is 5.35. The third kappa shape index (κ3) is 8.26. The number of Topliss-reactive ketones (excluding diaryl/α,β-unsaturated/α-hetero) is 1. The maximum atomic E-state index is 12.9. The van der Waals surface area contributed by atoms with E-state index in [1.807, 2.05) is 6.92 Å². The predicted octanol–water partition coefficient (Wildman–Crippen LogP) is 2.25. The minimum absolute atomic E-state index is 0.0754. The lowest BCUT2D eigenvalue weighted by atomic mass is 9.84. The number of rotatable bonds is 11. The first-order valence-corrected chi connectivity index (χ1v) is 13.5. The summed E-state index contributed by atoms with van der Waals surface area (Å²) in [5.74, 6) is -1.52. The Kier molecular flexibility index (Phi) is 10.7. The van der Waals surface area contributed by atoms with Crippen molar-refractivity contribution < 1.29 is 23.9 Å². The summed E-state index contributed by atoms with van der Waals surface area (Å²) in [6, 6.07) is -0.276. The van der Waals surface area contributed by atoms with Gasteiger partial charge >= 0.3 is 5.97 Å². The van der Waals surface area contributed by atoms with Gasteiger partial charge in [0.1, 0.15) is 0 Å². The molecule has 1 aliphatic carbocycles. The molecule has 0 bridgehead atoms. The van der Waals surface area contributed by atoms with Gasteiger partial charge in [0, 0.05) is 24.9 Å². The van der Waals surface area contributed by atoms with Gasteiger partial charge in [0.25, 0.3) is 0 Å². The Morgan fingerprint density at radius 1 is 1.12 bits per heavy atom. The van der Waals surface area contributed by atoms with Crippen LogP contribution in [0.3, 0.4) is 0 Å². The molecule has 3 unspecified atom stereocenters. The van der Waals surface area contributed by atoms with Crippen molar-refractivity contribution in [2.75, 3.05) is 26.2 Å². The summed E-state index contributed by atoms with van der Waals surface area (Å²) in [4.78, 5) is 52.5. The number of nitrogens with zero attached hydrogens (tertiary/aromatic N) is 1. The van der Waals surface area contributed by atoms with Crippen molar-refractivity contribution in [3.05, 3.63) is 0 Å². The van der Waals surface area contributed by atoms with Gasteiger partial charge in [0.05, 0.1) is 12.0 Å². The van der Waals surface area contributed by atoms with Crippen LogP contribution in [-0.2, 0) is 23.9 Å². The van der Waals surface area contributed by atoms with E-state index in [-0.39, 0.29) is 60.1 Å². The van der Waals surface area contributed by atoms with Gasteiger partial charge in [-0.3, -0.25) is 19.2 Å². The number of hydrogen-bond donors (Lipinski definition) is 3. The number of carbonyl (C=O) groups is 4. The summed E-state index contributed by atoms with van der Waals surface area (Å²) >= 11 is 4.29. The molecule has 34 heavy (non-hydrogen) atoms. The molecule has 0 aromatic rings. The first-order chi connectivity index (χ1) is 16.3. The van der Waals surface area contributed by atoms with Crippen molar-refractivity contribution >= 4 is 36.2 Å². The number of amides is 2. The van der Waals surface area contributed by atoms with E-state index in [4.69, 9.17) is 4.74 Å². The van der Waals surface area contributed by atoms with Crippen LogP contribution in [-0.4, -0.2) is 72.0 Å². The Morgan fingerprint density at radius 3 is 2.44 bits per heavy atom. The lowest BCUT2D eigenvalue weighted by molar-refractivity contribution is -0.154. The molecule has 0 aromatic carbocycles. The molecular formula is C25H41N3O5S. The Balaban J connectivity index is 1.46. The summed E-state index contributed by atoms with van der Waals surface area (Å²) < 4.78 is 5.41. The zero-order valence-electron chi connectivity index (χ0n) is 20.4. The maximum Gasteiger partial charge on any atom is 0.309 e. The van der Waals surface area contributed by atoms with Gasteiger partial charge < -0.3 is 20.3 Å². The van der Waals surface area contributed by atoms with Crippen molar-refractivity contribution in [1.29, 1.82) is 0 Å². The lowest BCUT2D eigenvalue weighted by Gasteiger charge is -2.38. The maximum absolute atomic E-state index is 12.9. The quantitative estimate of drug-likeness (QED) is 0.300. The van der Waals surface area contributed by atoms with Crippen molar-refractivity contribution in [2.45, 2.75) is 94.9 Å². The predicted molar refractivity (Wildman–Crippen MR) is 132 cm³/mol. The summed E-state index contributed by atoms with van der Waals surface area (Å²) in [6.45, 7) is 4.43. The average Bonchev–Trinajstić information content (AvgIpc) is 3.25. The number of carbonyl (C=O) groups excluding carboxylic acids is 4. The first-order valence-electron chi connectivity index (χ1n) is 13.0. The molecule has 2 aliphatic heterocycles. The molecule has 2 saturated heterocycles. The van der Waals surface area contributed by atoms with E-state index >= 15 is 0 Å². The van der Waals surface area contributed by atoms with E-state index in [9.17, 15) is 19.2 Å². The second-order valence-corrected chi connectivity index (χ2v) is 11.1. The fourth-order valence-corrected chi connectivity index (χ4v) is 5.48. The van der Waals surface area contributed by atoms with Crippen molar-refractivity contribution in [3.63, 3.8) is 0 Å². The number of nitrogens with one attached hydrogen (secondary N) is 2. The molecule has 2 heterocycles. The fraction of sp³-hybridized carbons (Fsp3) is 0.840. The highest BCUT2D eigenvalue weighted by atomic mass is 32.1. The van der Waals surface area contributed by atoms with E-state index in [2.05, 4.69) is 28.2 Å². The molecular weight excluding hydrogens is 454 g/mol. The Labute approximate surface area is 208 Å². The van der Waals surface area contributed by atoms with E-state index in [0.29, 0.717) is 25.4 Å². The summed E-state index contributed by atoms with van der Waals surface area (Å²) in [5, 5.41) is 5.61. The second kappa shape index (κ2) is 13.5. The van der Waals surface area contributed by atoms with E-state index in [1.54, 1.807) is 0 Å². The monoisotopic (exact) mass is 495 g/mol. The molecule has 8 nitrogen and oxygen atoms in total. The SMILES string of the molecule is CC(S)CCC(=O)NC(CC1CCNC1=O)C(=O)COC(=O)C1CCC(N2CCCCC2)CC1. The number of piperidine rings is 1. The molecule has 9 heteroatoms. The van der Waals surface area contributed by atoms with E-state index in [0.717, 1.165) is 38.8 Å². The molecule has 1 saturated carbocycles. The normalized spacial score (nSPS) is 27.5. The number of likely N-dealkylation sites (tertiary alicyclic amines) is 1. The largest absolute Gasteiger partial charge is 0.457 e. The van der Waals surface area contributed by atoms with Gasteiger partial charge in [0.2, 0.25) is 11.8 Å². The molecule has 2 N–H and O–H groups in total. The molecule has 2 amide bonds. The van der Waals surface area contributed by atoms with Crippen LogP contribution in [0.15, 0.2) is 0 Å². The zero-order valence-corrected chi connectivity index (χ0v) is 21.3. The van der Waals surface area contributed by atoms with E-state index in [1.165, 1.54) is 19.3 Å². The highest BCUT2D eigenvalue weighted by Crippen LogP contribution is 2.30. The topological polar surface area (TPSA) is 105 Å². The highest BCUT2D eigenvalue weighted by molar-refractivity contribution is 7.80. The summed E-state index contributed by atoms with van der Waals surface area (Å²) in [7, 11) is 0. The van der Waals surface area contributed by atoms with Crippen LogP contribution in [0.1, 0.15) is 77.6 Å². The molecule has 0 aromatic heterocycles. The van der Waals surface area contributed by atoms with Gasteiger partial charge in [-0.15, -0.1) is 0 Å². The van der Waals surface area contributed by atoms with Gasteiger partial charge in [0.15, 0.2) is 12.4 Å².